The first kappa shape index (κ1) is 88.9. The lowest BCUT2D eigenvalue weighted by Crippen LogP contribution is -2.35. The van der Waals surface area contributed by atoms with Crippen molar-refractivity contribution in [2.45, 2.75) is 227 Å². The minimum atomic E-state index is -0.180. The maximum Gasteiger partial charge on any atom is 0.261 e. The number of hydrogen-bond donors (Lipinski definition) is 0. The summed E-state index contributed by atoms with van der Waals surface area (Å²) < 4.78 is 0. The van der Waals surface area contributed by atoms with Crippen LogP contribution in [0.5, 0.6) is 0 Å². The standard InChI is InChI=1S/C13H14.C12H14.C11H11NO2.C9H12.C7H10N2.6C2H6.6CH4/c1-10(2)12-8-7-11-5-3-4-6-13(11)9-12;1-9(2)12-7-10-5-3-4-6-11(10)8-12;1-7(2)12-10(13)8-5-3-4-6-9(8)11(12)14;1-8(2)9-6-4-3-5-7-9;1-6(2)7-8-4-3-5-9-7;6*1-2;;;;;;/h3-10H,1-2H3;3-7,9H,8H2,1-2H3;3-7H,1-2H3;3-8H,1-2H3;3-6H,1-2H3;6*1-2H3;6*1H4. The number of allylic oxidation sites excluding steroid dienone is 1. The van der Waals surface area contributed by atoms with E-state index in [-0.39, 0.29) is 62.4 Å². The van der Waals surface area contributed by atoms with Crippen LogP contribution in [-0.4, -0.2) is 32.7 Å². The number of nitrogens with zero attached hydrogens (tertiary/aromatic N) is 3. The molecule has 5 heteroatoms. The Bertz CT molecular complexity index is 2130. The second-order valence-corrected chi connectivity index (χ2v) is 16.0. The summed E-state index contributed by atoms with van der Waals surface area (Å²) in [6.07, 6.45) is 7.03. The zero-order valence-corrected chi connectivity index (χ0v) is 47.6. The summed E-state index contributed by atoms with van der Waals surface area (Å²) in [5.74, 6) is 2.96. The predicted octanol–water partition coefficient (Wildman–Crippen LogP) is 23.3. The molecule has 5 aromatic carbocycles. The average Bonchev–Trinajstić information content (AvgIpc) is 3.97. The van der Waals surface area contributed by atoms with Gasteiger partial charge in [0.1, 0.15) is 5.82 Å². The number of amides is 2. The van der Waals surface area contributed by atoms with E-state index in [1.54, 1.807) is 42.2 Å². The van der Waals surface area contributed by atoms with Crippen LogP contribution in [0.1, 0.15) is 263 Å². The van der Waals surface area contributed by atoms with Gasteiger partial charge in [0.2, 0.25) is 0 Å². The molecule has 0 unspecified atom stereocenters. The van der Waals surface area contributed by atoms with E-state index in [2.05, 4.69) is 162 Å². The molecule has 2 amide bonds. The van der Waals surface area contributed by atoms with Crippen LogP contribution in [0.3, 0.4) is 0 Å². The summed E-state index contributed by atoms with van der Waals surface area (Å²) in [6, 6.07) is 43.0. The van der Waals surface area contributed by atoms with Gasteiger partial charge in [-0.25, -0.2) is 9.97 Å². The van der Waals surface area contributed by atoms with Crippen molar-refractivity contribution < 1.29 is 9.59 Å². The summed E-state index contributed by atoms with van der Waals surface area (Å²) in [5.41, 5.74) is 8.34. The van der Waals surface area contributed by atoms with Crippen molar-refractivity contribution in [2.24, 2.45) is 5.92 Å². The van der Waals surface area contributed by atoms with Gasteiger partial charge in [-0.2, -0.15) is 0 Å². The van der Waals surface area contributed by atoms with Crippen LogP contribution in [-0.2, 0) is 6.42 Å². The molecule has 0 fully saturated rings. The van der Waals surface area contributed by atoms with Gasteiger partial charge < -0.3 is 0 Å². The third kappa shape index (κ3) is 32.4. The van der Waals surface area contributed by atoms with Gasteiger partial charge in [-0.05, 0) is 89.2 Å². The predicted molar refractivity (Wildman–Crippen MR) is 348 cm³/mol. The van der Waals surface area contributed by atoms with Gasteiger partial charge in [-0.15, -0.1) is 0 Å². The number of aromatic nitrogens is 2. The number of carbonyl (C=O) groups is 2. The van der Waals surface area contributed by atoms with Gasteiger partial charge in [-0.3, -0.25) is 14.5 Å². The molecule has 6 aromatic rings. The molecular weight excluding hydrogens is 915 g/mol. The summed E-state index contributed by atoms with van der Waals surface area (Å²) in [5, 5.41) is 2.67. The fraction of sp³-hybridized carbons (Fsp3) is 0.486. The van der Waals surface area contributed by atoms with Crippen LogP contribution in [0, 0.1) is 5.92 Å². The molecule has 2 aliphatic rings. The number of imide groups is 1. The first-order chi connectivity index (χ1) is 33.3. The Morgan fingerprint density at radius 1 is 0.400 bits per heavy atom. The minimum absolute atomic E-state index is 0. The maximum atomic E-state index is 11.8. The van der Waals surface area contributed by atoms with Gasteiger partial charge in [0.25, 0.3) is 11.8 Å². The molecular formula is C70H121N3O2. The third-order valence-electron chi connectivity index (χ3n) is 9.88. The van der Waals surface area contributed by atoms with Gasteiger partial charge in [-0.1, -0.05) is 304 Å². The Hall–Kier alpha value is -5.68. The van der Waals surface area contributed by atoms with Gasteiger partial charge in [0.05, 0.1) is 11.1 Å². The molecule has 0 saturated heterocycles. The van der Waals surface area contributed by atoms with E-state index in [0.29, 0.717) is 34.8 Å². The molecule has 0 bridgehead atoms. The van der Waals surface area contributed by atoms with E-state index in [9.17, 15) is 9.59 Å². The van der Waals surface area contributed by atoms with E-state index in [1.165, 1.54) is 37.9 Å². The van der Waals surface area contributed by atoms with Crippen molar-refractivity contribution in [1.82, 2.24) is 14.9 Å². The third-order valence-corrected chi connectivity index (χ3v) is 9.88. The molecule has 8 rings (SSSR count). The van der Waals surface area contributed by atoms with Crippen molar-refractivity contribution in [3.8, 4) is 0 Å². The van der Waals surface area contributed by atoms with Crippen molar-refractivity contribution in [2.75, 3.05) is 0 Å². The van der Waals surface area contributed by atoms with Crippen LogP contribution >= 0.6 is 0 Å². The molecule has 5 nitrogen and oxygen atoms in total. The summed E-state index contributed by atoms with van der Waals surface area (Å²) in [7, 11) is 0. The Labute approximate surface area is 468 Å². The summed E-state index contributed by atoms with van der Waals surface area (Å²) in [4.78, 5) is 32.9. The van der Waals surface area contributed by atoms with Crippen molar-refractivity contribution >= 4 is 28.7 Å². The molecule has 1 aromatic heterocycles. The lowest BCUT2D eigenvalue weighted by molar-refractivity contribution is 0.0609. The fourth-order valence-corrected chi connectivity index (χ4v) is 6.37. The summed E-state index contributed by atoms with van der Waals surface area (Å²) in [6.45, 7) is 45.2. The fourth-order valence-electron chi connectivity index (χ4n) is 6.37. The van der Waals surface area contributed by atoms with Crippen molar-refractivity contribution in [1.29, 1.82) is 0 Å². The van der Waals surface area contributed by atoms with Crippen LogP contribution in [0.4, 0.5) is 0 Å². The number of fused-ring (bicyclic) bond motifs is 3. The van der Waals surface area contributed by atoms with Crippen molar-refractivity contribution in [3.63, 3.8) is 0 Å². The monoisotopic (exact) mass is 1040 g/mol. The van der Waals surface area contributed by atoms with Gasteiger partial charge >= 0.3 is 0 Å². The summed E-state index contributed by atoms with van der Waals surface area (Å²) >= 11 is 0. The zero-order valence-electron chi connectivity index (χ0n) is 47.6. The Morgan fingerprint density at radius 3 is 1.17 bits per heavy atom. The van der Waals surface area contributed by atoms with E-state index in [4.69, 9.17) is 0 Å². The molecule has 0 spiro atoms. The molecule has 0 N–H and O–H groups in total. The van der Waals surface area contributed by atoms with Crippen molar-refractivity contribution in [3.05, 3.63) is 185 Å². The molecule has 1 aliphatic heterocycles. The highest BCUT2D eigenvalue weighted by molar-refractivity contribution is 6.21. The Morgan fingerprint density at radius 2 is 0.800 bits per heavy atom. The normalized spacial score (nSPS) is 10.0. The second kappa shape index (κ2) is 54.6. The highest BCUT2D eigenvalue weighted by Crippen LogP contribution is 2.29. The van der Waals surface area contributed by atoms with Gasteiger partial charge in [0.15, 0.2) is 0 Å². The average molecular weight is 1040 g/mol. The highest BCUT2D eigenvalue weighted by atomic mass is 16.2. The maximum absolute atomic E-state index is 11.8. The van der Waals surface area contributed by atoms with Crippen LogP contribution in [0.15, 0.2) is 145 Å². The second-order valence-electron chi connectivity index (χ2n) is 16.0. The quantitative estimate of drug-likeness (QED) is 0.161. The van der Waals surface area contributed by atoms with Crippen LogP contribution in [0.2, 0.25) is 0 Å². The van der Waals surface area contributed by atoms with Crippen LogP contribution in [0.25, 0.3) is 16.8 Å². The minimum Gasteiger partial charge on any atom is -0.272 e. The molecule has 0 radical (unpaired) electrons. The Balaban J connectivity index is -0.0000000974. The number of benzene rings is 5. The number of hydrogen-bond acceptors (Lipinski definition) is 4. The van der Waals surface area contributed by atoms with Crippen LogP contribution < -0.4 is 0 Å². The van der Waals surface area contributed by atoms with E-state index in [0.717, 1.165) is 12.2 Å². The van der Waals surface area contributed by atoms with E-state index >= 15 is 0 Å². The van der Waals surface area contributed by atoms with Gasteiger partial charge in [0, 0.05) is 24.4 Å². The number of rotatable bonds is 5. The topological polar surface area (TPSA) is 63.2 Å². The first-order valence-corrected chi connectivity index (χ1v) is 26.3. The zero-order chi connectivity index (χ0) is 53.5. The molecule has 75 heavy (non-hydrogen) atoms. The van der Waals surface area contributed by atoms with E-state index in [1.807, 2.05) is 109 Å². The Kier molecular flexibility index (Phi) is 64.7. The first-order valence-electron chi connectivity index (χ1n) is 26.3. The number of carbonyl (C=O) groups excluding carboxylic acids is 2. The molecule has 0 atom stereocenters. The highest BCUT2D eigenvalue weighted by Gasteiger charge is 2.36. The van der Waals surface area contributed by atoms with E-state index < -0.39 is 0 Å². The molecule has 0 saturated carbocycles. The smallest absolute Gasteiger partial charge is 0.261 e. The lowest BCUT2D eigenvalue weighted by atomic mass is 9.99. The molecule has 428 valence electrons. The SMILES string of the molecule is C.C.C.C.C.C.CC.CC.CC.CC.CC.CC.CC(C)C1=Cc2ccccc2C1.CC(C)N1C(=O)c2ccccc2C1=O.CC(C)c1ccc2ccccc2c1.CC(C)c1ccccc1.CC(C)c1ncccn1. The lowest BCUT2D eigenvalue weighted by Gasteiger charge is -2.17. The molecule has 1 aliphatic carbocycles. The molecule has 2 heterocycles. The largest absolute Gasteiger partial charge is 0.272 e.